The SMILES string of the molecule is CC(Cc1ccc(-c2nc3c(c(=O)o2)CCCC3)c(OCc2ccccc2)c1)c1ccc(N)cc1. The third-order valence-electron chi connectivity index (χ3n) is 6.67. The predicted molar refractivity (Wildman–Crippen MR) is 139 cm³/mol. The molecule has 1 heterocycles. The maximum Gasteiger partial charge on any atom is 0.342 e. The second-order valence-electron chi connectivity index (χ2n) is 9.32. The second-order valence-corrected chi connectivity index (χ2v) is 9.32. The van der Waals surface area contributed by atoms with Crippen molar-refractivity contribution in [2.24, 2.45) is 0 Å². The lowest BCUT2D eigenvalue weighted by Gasteiger charge is -2.17. The summed E-state index contributed by atoms with van der Waals surface area (Å²) in [6, 6.07) is 24.1. The Labute approximate surface area is 205 Å². The molecular weight excluding hydrogens is 436 g/mol. The normalized spacial score (nSPS) is 13.7. The molecule has 1 aliphatic rings. The van der Waals surface area contributed by atoms with E-state index in [0.29, 0.717) is 29.7 Å². The Bertz CT molecular complexity index is 1360. The zero-order chi connectivity index (χ0) is 24.2. The van der Waals surface area contributed by atoms with Crippen LogP contribution in [0.25, 0.3) is 11.5 Å². The van der Waals surface area contributed by atoms with Gasteiger partial charge in [-0.15, -0.1) is 0 Å². The van der Waals surface area contributed by atoms with Crippen molar-refractivity contribution < 1.29 is 9.15 Å². The van der Waals surface area contributed by atoms with Gasteiger partial charge in [0.15, 0.2) is 0 Å². The summed E-state index contributed by atoms with van der Waals surface area (Å²) < 4.78 is 12.0. The lowest BCUT2D eigenvalue weighted by molar-refractivity contribution is 0.306. The van der Waals surface area contributed by atoms with Gasteiger partial charge < -0.3 is 14.9 Å². The van der Waals surface area contributed by atoms with E-state index in [1.807, 2.05) is 54.6 Å². The topological polar surface area (TPSA) is 78.3 Å². The molecule has 178 valence electrons. The number of anilines is 1. The van der Waals surface area contributed by atoms with E-state index in [4.69, 9.17) is 19.9 Å². The van der Waals surface area contributed by atoms with Gasteiger partial charge in [0.2, 0.25) is 5.89 Å². The first kappa shape index (κ1) is 22.9. The van der Waals surface area contributed by atoms with Crippen LogP contribution in [-0.2, 0) is 25.9 Å². The van der Waals surface area contributed by atoms with Crippen LogP contribution < -0.4 is 16.1 Å². The Morgan fingerprint density at radius 1 is 0.971 bits per heavy atom. The minimum absolute atomic E-state index is 0.278. The van der Waals surface area contributed by atoms with Crippen molar-refractivity contribution in [1.82, 2.24) is 4.98 Å². The number of hydrogen-bond donors (Lipinski definition) is 1. The van der Waals surface area contributed by atoms with Crippen molar-refractivity contribution in [3.63, 3.8) is 0 Å². The molecule has 0 amide bonds. The second kappa shape index (κ2) is 10.2. The monoisotopic (exact) mass is 466 g/mol. The number of rotatable bonds is 7. The van der Waals surface area contributed by atoms with Gasteiger partial charge in [-0.2, -0.15) is 0 Å². The molecule has 1 atom stereocenters. The third-order valence-corrected chi connectivity index (χ3v) is 6.67. The average molecular weight is 467 g/mol. The first-order valence-electron chi connectivity index (χ1n) is 12.2. The minimum Gasteiger partial charge on any atom is -0.488 e. The molecule has 0 radical (unpaired) electrons. The fourth-order valence-electron chi connectivity index (χ4n) is 4.66. The quantitative estimate of drug-likeness (QED) is 0.334. The van der Waals surface area contributed by atoms with Crippen molar-refractivity contribution >= 4 is 5.69 Å². The third kappa shape index (κ3) is 5.29. The van der Waals surface area contributed by atoms with E-state index in [0.717, 1.165) is 60.2 Å². The van der Waals surface area contributed by atoms with Crippen LogP contribution in [0.2, 0.25) is 0 Å². The number of aromatic nitrogens is 1. The molecule has 0 saturated carbocycles. The van der Waals surface area contributed by atoms with Crippen molar-refractivity contribution in [3.05, 3.63) is 111 Å². The van der Waals surface area contributed by atoms with Crippen LogP contribution >= 0.6 is 0 Å². The molecule has 0 saturated heterocycles. The van der Waals surface area contributed by atoms with Gasteiger partial charge in [-0.1, -0.05) is 55.5 Å². The zero-order valence-corrected chi connectivity index (χ0v) is 20.0. The highest BCUT2D eigenvalue weighted by Gasteiger charge is 2.20. The number of ether oxygens (including phenoxy) is 1. The first-order valence-corrected chi connectivity index (χ1v) is 12.2. The molecule has 0 fully saturated rings. The number of nitrogen functional groups attached to an aromatic ring is 1. The van der Waals surface area contributed by atoms with Crippen LogP contribution in [-0.4, -0.2) is 4.98 Å². The summed E-state index contributed by atoms with van der Waals surface area (Å²) in [7, 11) is 0. The van der Waals surface area contributed by atoms with E-state index < -0.39 is 0 Å². The zero-order valence-electron chi connectivity index (χ0n) is 20.0. The largest absolute Gasteiger partial charge is 0.488 e. The van der Waals surface area contributed by atoms with Gasteiger partial charge >= 0.3 is 5.63 Å². The molecule has 2 N–H and O–H groups in total. The van der Waals surface area contributed by atoms with Gasteiger partial charge in [-0.3, -0.25) is 0 Å². The number of nitrogens with two attached hydrogens (primary N) is 1. The average Bonchev–Trinajstić information content (AvgIpc) is 2.88. The Kier molecular flexibility index (Phi) is 6.66. The highest BCUT2D eigenvalue weighted by Crippen LogP contribution is 2.33. The van der Waals surface area contributed by atoms with E-state index in [1.54, 1.807) is 0 Å². The standard InChI is InChI=1S/C30H30N2O3/c1-20(23-12-14-24(31)15-13-23)17-22-11-16-26(28(18-22)34-19-21-7-3-2-4-8-21)29-32-27-10-6-5-9-25(27)30(33)35-29/h2-4,7-8,11-16,18,20H,5-6,9-10,17,19,31H2,1H3. The minimum atomic E-state index is -0.278. The van der Waals surface area contributed by atoms with Gasteiger partial charge in [-0.25, -0.2) is 9.78 Å². The van der Waals surface area contributed by atoms with Gasteiger partial charge in [0, 0.05) is 5.69 Å². The van der Waals surface area contributed by atoms with E-state index in [2.05, 4.69) is 25.1 Å². The molecule has 5 rings (SSSR count). The lowest BCUT2D eigenvalue weighted by Crippen LogP contribution is -2.18. The van der Waals surface area contributed by atoms with Gasteiger partial charge in [0.05, 0.1) is 16.8 Å². The highest BCUT2D eigenvalue weighted by atomic mass is 16.5. The van der Waals surface area contributed by atoms with Crippen LogP contribution in [0.15, 0.2) is 82.0 Å². The molecule has 35 heavy (non-hydrogen) atoms. The van der Waals surface area contributed by atoms with Gasteiger partial charge in [-0.05, 0) is 79.0 Å². The molecule has 1 unspecified atom stereocenters. The summed E-state index contributed by atoms with van der Waals surface area (Å²) in [6.45, 7) is 2.62. The van der Waals surface area contributed by atoms with E-state index in [-0.39, 0.29) is 5.63 Å². The van der Waals surface area contributed by atoms with Crippen molar-refractivity contribution in [1.29, 1.82) is 0 Å². The Hall–Kier alpha value is -3.86. The van der Waals surface area contributed by atoms with E-state index >= 15 is 0 Å². The number of fused-ring (bicyclic) bond motifs is 1. The molecule has 1 aliphatic carbocycles. The Morgan fingerprint density at radius 2 is 1.74 bits per heavy atom. The Morgan fingerprint density at radius 3 is 2.54 bits per heavy atom. The van der Waals surface area contributed by atoms with Gasteiger partial charge in [0.1, 0.15) is 12.4 Å². The fraction of sp³-hybridized carbons (Fsp3) is 0.267. The number of nitrogens with zero attached hydrogens (tertiary/aromatic N) is 1. The van der Waals surface area contributed by atoms with Crippen LogP contribution in [0.4, 0.5) is 5.69 Å². The number of aryl methyl sites for hydroxylation is 1. The van der Waals surface area contributed by atoms with Crippen LogP contribution in [0, 0.1) is 0 Å². The van der Waals surface area contributed by atoms with Crippen LogP contribution in [0.1, 0.15) is 53.6 Å². The summed E-state index contributed by atoms with van der Waals surface area (Å²) in [5.74, 6) is 1.31. The van der Waals surface area contributed by atoms with Crippen molar-refractivity contribution in [2.75, 3.05) is 5.73 Å². The first-order chi connectivity index (χ1) is 17.1. The molecule has 1 aromatic heterocycles. The predicted octanol–water partition coefficient (Wildman–Crippen LogP) is 6.09. The van der Waals surface area contributed by atoms with Crippen molar-refractivity contribution in [3.8, 4) is 17.2 Å². The summed E-state index contributed by atoms with van der Waals surface area (Å²) in [5.41, 5.74) is 12.1. The molecule has 3 aromatic carbocycles. The molecule has 0 bridgehead atoms. The summed E-state index contributed by atoms with van der Waals surface area (Å²) in [4.78, 5) is 17.4. The molecule has 4 aromatic rings. The summed E-state index contributed by atoms with van der Waals surface area (Å²) in [5, 5.41) is 0. The maximum absolute atomic E-state index is 12.7. The van der Waals surface area contributed by atoms with Crippen LogP contribution in [0.5, 0.6) is 5.75 Å². The van der Waals surface area contributed by atoms with E-state index in [9.17, 15) is 4.79 Å². The highest BCUT2D eigenvalue weighted by molar-refractivity contribution is 5.64. The summed E-state index contributed by atoms with van der Waals surface area (Å²) >= 11 is 0. The molecule has 0 spiro atoms. The van der Waals surface area contributed by atoms with Crippen molar-refractivity contribution in [2.45, 2.75) is 51.6 Å². The number of benzene rings is 3. The molecule has 5 heteroatoms. The van der Waals surface area contributed by atoms with Crippen LogP contribution in [0.3, 0.4) is 0 Å². The molecular formula is C30H30N2O3. The Balaban J connectivity index is 1.48. The van der Waals surface area contributed by atoms with Gasteiger partial charge in [0.25, 0.3) is 0 Å². The lowest BCUT2D eigenvalue weighted by atomic mass is 9.93. The smallest absolute Gasteiger partial charge is 0.342 e. The number of hydrogen-bond acceptors (Lipinski definition) is 5. The summed E-state index contributed by atoms with van der Waals surface area (Å²) in [6.07, 6.45) is 4.44. The van der Waals surface area contributed by atoms with E-state index in [1.165, 1.54) is 5.56 Å². The fourth-order valence-corrected chi connectivity index (χ4v) is 4.66. The molecule has 0 aliphatic heterocycles. The molecule has 5 nitrogen and oxygen atoms in total. The maximum atomic E-state index is 12.7.